The summed E-state index contributed by atoms with van der Waals surface area (Å²) >= 11 is 0. The van der Waals surface area contributed by atoms with Crippen LogP contribution in [0.5, 0.6) is 0 Å². The third kappa shape index (κ3) is 1.37. The Labute approximate surface area is 81.9 Å². The molecule has 0 N–H and O–H groups in total. The highest BCUT2D eigenvalue weighted by Crippen LogP contribution is 2.19. The van der Waals surface area contributed by atoms with Gasteiger partial charge in [-0.15, -0.1) is 0 Å². The smallest absolute Gasteiger partial charge is 0.289 e. The van der Waals surface area contributed by atoms with E-state index < -0.39 is 0 Å². The molecule has 0 aliphatic heterocycles. The Morgan fingerprint density at radius 1 is 1.29 bits per heavy atom. The highest BCUT2D eigenvalue weighted by atomic mass is 16.3. The molecule has 0 saturated carbocycles. The van der Waals surface area contributed by atoms with Crippen LogP contribution in [0.4, 0.5) is 0 Å². The molecule has 14 heavy (non-hydrogen) atoms. The standard InChI is InChI=1S/C11H11NO2/c1-12(2)11(13)10-7-8-5-3-4-6-9(8)14-10/h3-7H,1-2H3. The Morgan fingerprint density at radius 3 is 2.64 bits per heavy atom. The molecular formula is C11H11NO2. The second-order valence-electron chi connectivity index (χ2n) is 3.35. The minimum Gasteiger partial charge on any atom is -0.451 e. The van der Waals surface area contributed by atoms with Gasteiger partial charge in [0, 0.05) is 19.5 Å². The predicted octanol–water partition coefficient (Wildman–Crippen LogP) is 2.13. The second kappa shape index (κ2) is 3.18. The van der Waals surface area contributed by atoms with Gasteiger partial charge in [0.25, 0.3) is 5.91 Å². The fourth-order valence-electron chi connectivity index (χ4n) is 1.31. The summed E-state index contributed by atoms with van der Waals surface area (Å²) in [6, 6.07) is 9.34. The van der Waals surface area contributed by atoms with E-state index in [1.54, 1.807) is 20.2 Å². The van der Waals surface area contributed by atoms with Crippen molar-refractivity contribution in [1.29, 1.82) is 0 Å². The molecule has 72 valence electrons. The monoisotopic (exact) mass is 189 g/mol. The number of furan rings is 1. The van der Waals surface area contributed by atoms with Gasteiger partial charge in [-0.3, -0.25) is 4.79 Å². The number of benzene rings is 1. The van der Waals surface area contributed by atoms with Crippen molar-refractivity contribution < 1.29 is 9.21 Å². The summed E-state index contributed by atoms with van der Waals surface area (Å²) < 4.78 is 5.40. The summed E-state index contributed by atoms with van der Waals surface area (Å²) in [6.07, 6.45) is 0. The van der Waals surface area contributed by atoms with E-state index in [9.17, 15) is 4.79 Å². The number of amides is 1. The quantitative estimate of drug-likeness (QED) is 0.688. The van der Waals surface area contributed by atoms with Gasteiger partial charge in [-0.1, -0.05) is 18.2 Å². The van der Waals surface area contributed by atoms with Crippen LogP contribution in [0, 0.1) is 0 Å². The first kappa shape index (κ1) is 8.81. The minimum absolute atomic E-state index is 0.110. The van der Waals surface area contributed by atoms with Crippen LogP contribution in [-0.4, -0.2) is 24.9 Å². The molecule has 1 aromatic heterocycles. The van der Waals surface area contributed by atoms with Crippen LogP contribution in [0.15, 0.2) is 34.7 Å². The van der Waals surface area contributed by atoms with Crippen LogP contribution < -0.4 is 0 Å². The number of hydrogen-bond donors (Lipinski definition) is 0. The minimum atomic E-state index is -0.110. The molecule has 2 aromatic rings. The van der Waals surface area contributed by atoms with Crippen LogP contribution in [0.25, 0.3) is 11.0 Å². The van der Waals surface area contributed by atoms with E-state index in [4.69, 9.17) is 4.42 Å². The number of nitrogens with zero attached hydrogens (tertiary/aromatic N) is 1. The van der Waals surface area contributed by atoms with E-state index in [0.717, 1.165) is 11.0 Å². The SMILES string of the molecule is CN(C)C(=O)c1cc2ccccc2o1. The Hall–Kier alpha value is -1.77. The van der Waals surface area contributed by atoms with Crippen molar-refractivity contribution >= 4 is 16.9 Å². The molecule has 0 atom stereocenters. The van der Waals surface area contributed by atoms with Crippen molar-refractivity contribution in [2.24, 2.45) is 0 Å². The highest BCUT2D eigenvalue weighted by Gasteiger charge is 2.13. The largest absolute Gasteiger partial charge is 0.451 e. The maximum atomic E-state index is 11.5. The number of fused-ring (bicyclic) bond motifs is 1. The molecule has 0 aliphatic rings. The Kier molecular flexibility index (Phi) is 2.00. The molecule has 3 nitrogen and oxygen atoms in total. The van der Waals surface area contributed by atoms with Crippen molar-refractivity contribution in [3.8, 4) is 0 Å². The third-order valence-corrected chi connectivity index (χ3v) is 2.04. The van der Waals surface area contributed by atoms with Gasteiger partial charge in [0.15, 0.2) is 5.76 Å². The van der Waals surface area contributed by atoms with E-state index in [0.29, 0.717) is 5.76 Å². The molecule has 3 heteroatoms. The summed E-state index contributed by atoms with van der Waals surface area (Å²) in [7, 11) is 3.41. The lowest BCUT2D eigenvalue weighted by atomic mass is 10.2. The molecule has 0 aliphatic carbocycles. The average molecular weight is 189 g/mol. The Bertz CT molecular complexity index is 438. The zero-order valence-electron chi connectivity index (χ0n) is 8.15. The van der Waals surface area contributed by atoms with Crippen molar-refractivity contribution in [2.45, 2.75) is 0 Å². The zero-order chi connectivity index (χ0) is 10.1. The van der Waals surface area contributed by atoms with E-state index in [-0.39, 0.29) is 5.91 Å². The fraction of sp³-hybridized carbons (Fsp3) is 0.182. The first-order valence-corrected chi connectivity index (χ1v) is 4.39. The van der Waals surface area contributed by atoms with Crippen molar-refractivity contribution in [2.75, 3.05) is 14.1 Å². The van der Waals surface area contributed by atoms with Gasteiger partial charge in [-0.05, 0) is 12.1 Å². The molecule has 1 aromatic carbocycles. The summed E-state index contributed by atoms with van der Waals surface area (Å²) in [5, 5.41) is 0.956. The normalized spacial score (nSPS) is 10.4. The molecule has 0 spiro atoms. The molecule has 0 unspecified atom stereocenters. The first-order valence-electron chi connectivity index (χ1n) is 4.39. The molecule has 1 amide bonds. The van der Waals surface area contributed by atoms with Crippen molar-refractivity contribution in [3.05, 3.63) is 36.1 Å². The van der Waals surface area contributed by atoms with Gasteiger partial charge in [-0.2, -0.15) is 0 Å². The van der Waals surface area contributed by atoms with Crippen LogP contribution in [0.2, 0.25) is 0 Å². The molecule has 1 heterocycles. The lowest BCUT2D eigenvalue weighted by molar-refractivity contribution is 0.0799. The molecule has 0 radical (unpaired) electrons. The number of carbonyl (C=O) groups is 1. The summed E-state index contributed by atoms with van der Waals surface area (Å²) in [4.78, 5) is 13.0. The number of para-hydroxylation sites is 1. The summed E-state index contributed by atoms with van der Waals surface area (Å²) in [5.74, 6) is 0.275. The van der Waals surface area contributed by atoms with Crippen LogP contribution in [0.1, 0.15) is 10.6 Å². The lowest BCUT2D eigenvalue weighted by Crippen LogP contribution is -2.20. The van der Waals surface area contributed by atoms with Crippen LogP contribution in [-0.2, 0) is 0 Å². The zero-order valence-corrected chi connectivity index (χ0v) is 8.15. The number of carbonyl (C=O) groups excluding carboxylic acids is 1. The van der Waals surface area contributed by atoms with Gasteiger partial charge in [0.05, 0.1) is 0 Å². The van der Waals surface area contributed by atoms with Gasteiger partial charge in [0.1, 0.15) is 5.58 Å². The van der Waals surface area contributed by atoms with Gasteiger partial charge in [-0.25, -0.2) is 0 Å². The first-order chi connectivity index (χ1) is 6.68. The molecule has 0 fully saturated rings. The van der Waals surface area contributed by atoms with Crippen LogP contribution in [0.3, 0.4) is 0 Å². The Balaban J connectivity index is 2.50. The second-order valence-corrected chi connectivity index (χ2v) is 3.35. The maximum Gasteiger partial charge on any atom is 0.289 e. The van der Waals surface area contributed by atoms with Crippen LogP contribution >= 0.6 is 0 Å². The van der Waals surface area contributed by atoms with E-state index in [1.807, 2.05) is 24.3 Å². The molecule has 0 bridgehead atoms. The summed E-state index contributed by atoms with van der Waals surface area (Å²) in [5.41, 5.74) is 0.748. The molecule has 2 rings (SSSR count). The number of hydrogen-bond acceptors (Lipinski definition) is 2. The number of rotatable bonds is 1. The average Bonchev–Trinajstić information content (AvgIpc) is 2.59. The van der Waals surface area contributed by atoms with E-state index >= 15 is 0 Å². The highest BCUT2D eigenvalue weighted by molar-refractivity contribution is 5.95. The van der Waals surface area contributed by atoms with E-state index in [1.165, 1.54) is 4.90 Å². The van der Waals surface area contributed by atoms with Gasteiger partial charge < -0.3 is 9.32 Å². The molecule has 0 saturated heterocycles. The van der Waals surface area contributed by atoms with E-state index in [2.05, 4.69) is 0 Å². The fourth-order valence-corrected chi connectivity index (χ4v) is 1.31. The van der Waals surface area contributed by atoms with Gasteiger partial charge >= 0.3 is 0 Å². The van der Waals surface area contributed by atoms with Gasteiger partial charge in [0.2, 0.25) is 0 Å². The molecular weight excluding hydrogens is 178 g/mol. The predicted molar refractivity (Wildman–Crippen MR) is 54.2 cm³/mol. The third-order valence-electron chi connectivity index (χ3n) is 2.04. The topological polar surface area (TPSA) is 33.5 Å². The van der Waals surface area contributed by atoms with Crippen molar-refractivity contribution in [1.82, 2.24) is 4.90 Å². The maximum absolute atomic E-state index is 11.5. The Morgan fingerprint density at radius 2 is 2.00 bits per heavy atom. The van der Waals surface area contributed by atoms with Crippen molar-refractivity contribution in [3.63, 3.8) is 0 Å². The summed E-state index contributed by atoms with van der Waals surface area (Å²) in [6.45, 7) is 0. The lowest BCUT2D eigenvalue weighted by Gasteiger charge is -2.06.